The van der Waals surface area contributed by atoms with Gasteiger partial charge in [0.05, 0.1) is 20.3 Å². The molecule has 1 aliphatic rings. The van der Waals surface area contributed by atoms with E-state index in [-0.39, 0.29) is 5.91 Å². The van der Waals surface area contributed by atoms with E-state index in [2.05, 4.69) is 5.32 Å². The first kappa shape index (κ1) is 14.8. The number of carbonyl (C=O) groups is 1. The number of rotatable bonds is 5. The van der Waals surface area contributed by atoms with Crippen molar-refractivity contribution in [1.29, 1.82) is 0 Å². The summed E-state index contributed by atoms with van der Waals surface area (Å²) in [7, 11) is 1.58. The lowest BCUT2D eigenvalue weighted by atomic mass is 10.1. The standard InChI is InChI=1S/C15H21NO4/c1-15(19-9-4-10-20-15)7-8-16-14(17)12-5-3-6-13(11-12)18-2/h3,5-6,11H,4,7-10H2,1-2H3,(H,16,17). The van der Waals surface area contributed by atoms with Crippen LogP contribution in [0.4, 0.5) is 0 Å². The third kappa shape index (κ3) is 3.95. The molecule has 1 fully saturated rings. The molecule has 110 valence electrons. The topological polar surface area (TPSA) is 56.8 Å². The van der Waals surface area contributed by atoms with Crippen molar-refractivity contribution < 1.29 is 19.0 Å². The van der Waals surface area contributed by atoms with Gasteiger partial charge in [-0.2, -0.15) is 0 Å². The highest BCUT2D eigenvalue weighted by atomic mass is 16.7. The summed E-state index contributed by atoms with van der Waals surface area (Å²) in [5.74, 6) is -0.0354. The molecule has 0 unspecified atom stereocenters. The van der Waals surface area contributed by atoms with Crippen LogP contribution in [-0.4, -0.2) is 38.6 Å². The van der Waals surface area contributed by atoms with Crippen LogP contribution in [0.1, 0.15) is 30.1 Å². The molecule has 1 aliphatic heterocycles. The van der Waals surface area contributed by atoms with Crippen LogP contribution in [-0.2, 0) is 9.47 Å². The SMILES string of the molecule is COc1cccc(C(=O)NCCC2(C)OCCCO2)c1. The van der Waals surface area contributed by atoms with Gasteiger partial charge in [-0.25, -0.2) is 0 Å². The lowest BCUT2D eigenvalue weighted by Gasteiger charge is -2.33. The third-order valence-electron chi connectivity index (χ3n) is 3.30. The van der Waals surface area contributed by atoms with Crippen LogP contribution in [0.2, 0.25) is 0 Å². The van der Waals surface area contributed by atoms with E-state index in [0.717, 1.165) is 6.42 Å². The molecule has 0 spiro atoms. The fourth-order valence-electron chi connectivity index (χ4n) is 2.09. The molecule has 1 heterocycles. The number of carbonyl (C=O) groups excluding carboxylic acids is 1. The van der Waals surface area contributed by atoms with Crippen molar-refractivity contribution in [3.63, 3.8) is 0 Å². The van der Waals surface area contributed by atoms with E-state index in [9.17, 15) is 4.79 Å². The van der Waals surface area contributed by atoms with Crippen molar-refractivity contribution in [3.05, 3.63) is 29.8 Å². The molecule has 1 N–H and O–H groups in total. The summed E-state index contributed by atoms with van der Waals surface area (Å²) >= 11 is 0. The number of hydrogen-bond donors (Lipinski definition) is 1. The van der Waals surface area contributed by atoms with Gasteiger partial charge in [0.15, 0.2) is 5.79 Å². The minimum absolute atomic E-state index is 0.122. The van der Waals surface area contributed by atoms with E-state index >= 15 is 0 Å². The van der Waals surface area contributed by atoms with E-state index in [1.165, 1.54) is 0 Å². The van der Waals surface area contributed by atoms with Crippen molar-refractivity contribution >= 4 is 5.91 Å². The maximum absolute atomic E-state index is 12.0. The Morgan fingerprint density at radius 3 is 2.85 bits per heavy atom. The highest BCUT2D eigenvalue weighted by molar-refractivity contribution is 5.94. The Balaban J connectivity index is 1.82. The highest BCUT2D eigenvalue weighted by Crippen LogP contribution is 2.21. The zero-order valence-electron chi connectivity index (χ0n) is 12.0. The van der Waals surface area contributed by atoms with Crippen LogP contribution in [0.15, 0.2) is 24.3 Å². The molecular formula is C15H21NO4. The van der Waals surface area contributed by atoms with Crippen LogP contribution in [0.3, 0.4) is 0 Å². The molecule has 5 nitrogen and oxygen atoms in total. The Kier molecular flexibility index (Phi) is 4.98. The minimum Gasteiger partial charge on any atom is -0.497 e. The predicted molar refractivity (Wildman–Crippen MR) is 74.9 cm³/mol. The zero-order chi connectivity index (χ0) is 14.4. The molecule has 1 aromatic rings. The van der Waals surface area contributed by atoms with Crippen molar-refractivity contribution in [2.24, 2.45) is 0 Å². The number of amides is 1. The van der Waals surface area contributed by atoms with Crippen molar-refractivity contribution in [3.8, 4) is 5.75 Å². The largest absolute Gasteiger partial charge is 0.497 e. The van der Waals surface area contributed by atoms with Crippen molar-refractivity contribution in [2.75, 3.05) is 26.9 Å². The predicted octanol–water partition coefficient (Wildman–Crippen LogP) is 1.97. The first-order valence-corrected chi connectivity index (χ1v) is 6.83. The summed E-state index contributed by atoms with van der Waals surface area (Å²) in [5, 5.41) is 2.87. The Labute approximate surface area is 119 Å². The molecule has 5 heteroatoms. The van der Waals surface area contributed by atoms with Crippen molar-refractivity contribution in [1.82, 2.24) is 5.32 Å². The van der Waals surface area contributed by atoms with Crippen LogP contribution >= 0.6 is 0 Å². The molecule has 1 saturated heterocycles. The lowest BCUT2D eigenvalue weighted by Crippen LogP contribution is -2.40. The van der Waals surface area contributed by atoms with E-state index in [0.29, 0.717) is 37.5 Å². The van der Waals surface area contributed by atoms with E-state index in [1.54, 1.807) is 25.3 Å². The van der Waals surface area contributed by atoms with E-state index in [4.69, 9.17) is 14.2 Å². The van der Waals surface area contributed by atoms with Gasteiger partial charge in [0.1, 0.15) is 5.75 Å². The quantitative estimate of drug-likeness (QED) is 0.895. The molecule has 20 heavy (non-hydrogen) atoms. The summed E-state index contributed by atoms with van der Waals surface area (Å²) in [5.41, 5.74) is 0.583. The summed E-state index contributed by atoms with van der Waals surface area (Å²) in [6.07, 6.45) is 1.55. The van der Waals surface area contributed by atoms with Gasteiger partial charge < -0.3 is 19.5 Å². The number of benzene rings is 1. The number of hydrogen-bond acceptors (Lipinski definition) is 4. The van der Waals surface area contributed by atoms with Crippen LogP contribution < -0.4 is 10.1 Å². The second-order valence-corrected chi connectivity index (χ2v) is 4.92. The highest BCUT2D eigenvalue weighted by Gasteiger charge is 2.28. The van der Waals surface area contributed by atoms with Crippen LogP contribution in [0.5, 0.6) is 5.75 Å². The lowest BCUT2D eigenvalue weighted by molar-refractivity contribution is -0.257. The van der Waals surface area contributed by atoms with E-state index in [1.807, 2.05) is 13.0 Å². The average Bonchev–Trinajstić information content (AvgIpc) is 2.48. The monoisotopic (exact) mass is 279 g/mol. The summed E-state index contributed by atoms with van der Waals surface area (Å²) in [4.78, 5) is 12.0. The van der Waals surface area contributed by atoms with Gasteiger partial charge in [0, 0.05) is 18.5 Å². The minimum atomic E-state index is -0.583. The first-order valence-electron chi connectivity index (χ1n) is 6.83. The fourth-order valence-corrected chi connectivity index (χ4v) is 2.09. The number of ether oxygens (including phenoxy) is 3. The number of methoxy groups -OCH3 is 1. The molecule has 0 radical (unpaired) electrons. The maximum atomic E-state index is 12.0. The first-order chi connectivity index (χ1) is 9.63. The second-order valence-electron chi connectivity index (χ2n) is 4.92. The Bertz CT molecular complexity index is 455. The van der Waals surface area contributed by atoms with E-state index < -0.39 is 5.79 Å². The molecular weight excluding hydrogens is 258 g/mol. The van der Waals surface area contributed by atoms with Crippen LogP contribution in [0, 0.1) is 0 Å². The van der Waals surface area contributed by atoms with Gasteiger partial charge in [0.25, 0.3) is 5.91 Å². The molecule has 2 rings (SSSR count). The second kappa shape index (κ2) is 6.72. The smallest absolute Gasteiger partial charge is 0.251 e. The number of nitrogens with one attached hydrogen (secondary N) is 1. The van der Waals surface area contributed by atoms with Gasteiger partial charge in [-0.1, -0.05) is 6.07 Å². The Morgan fingerprint density at radius 1 is 1.40 bits per heavy atom. The van der Waals surface area contributed by atoms with Gasteiger partial charge >= 0.3 is 0 Å². The average molecular weight is 279 g/mol. The Hall–Kier alpha value is -1.59. The summed E-state index contributed by atoms with van der Waals surface area (Å²) < 4.78 is 16.3. The van der Waals surface area contributed by atoms with Gasteiger partial charge in [-0.3, -0.25) is 4.79 Å². The molecule has 0 aromatic heterocycles. The van der Waals surface area contributed by atoms with Gasteiger partial charge in [0.2, 0.25) is 0 Å². The molecule has 0 aliphatic carbocycles. The van der Waals surface area contributed by atoms with Crippen molar-refractivity contribution in [2.45, 2.75) is 25.6 Å². The van der Waals surface area contributed by atoms with Gasteiger partial charge in [-0.15, -0.1) is 0 Å². The maximum Gasteiger partial charge on any atom is 0.251 e. The summed E-state index contributed by atoms with van der Waals surface area (Å²) in [6.45, 7) is 3.83. The molecule has 1 aromatic carbocycles. The van der Waals surface area contributed by atoms with Crippen LogP contribution in [0.25, 0.3) is 0 Å². The molecule has 0 saturated carbocycles. The fraction of sp³-hybridized carbons (Fsp3) is 0.533. The Morgan fingerprint density at radius 2 is 2.15 bits per heavy atom. The summed E-state index contributed by atoms with van der Waals surface area (Å²) in [6, 6.07) is 7.07. The molecule has 0 bridgehead atoms. The van der Waals surface area contributed by atoms with Gasteiger partial charge in [-0.05, 0) is 31.5 Å². The molecule has 0 atom stereocenters. The molecule has 1 amide bonds. The third-order valence-corrected chi connectivity index (χ3v) is 3.30. The zero-order valence-corrected chi connectivity index (χ0v) is 12.0. The normalized spacial score (nSPS) is 17.5.